The van der Waals surface area contributed by atoms with Gasteiger partial charge in [-0.15, -0.1) is 12.8 Å². The molecule has 26 heavy (non-hydrogen) atoms. The lowest BCUT2D eigenvalue weighted by Gasteiger charge is -2.32. The number of carbonyl (C=O) groups excluding carboxylic acids is 1. The number of ether oxygens (including phenoxy) is 2. The van der Waals surface area contributed by atoms with E-state index < -0.39 is 5.60 Å². The molecule has 4 nitrogen and oxygen atoms in total. The van der Waals surface area contributed by atoms with Crippen LogP contribution in [0.3, 0.4) is 0 Å². The molecular formula is C22H32O4. The Morgan fingerprint density at radius 2 is 1.81 bits per heavy atom. The highest BCUT2D eigenvalue weighted by Crippen LogP contribution is 2.28. The number of aliphatic hydroxyl groups is 1. The zero-order chi connectivity index (χ0) is 20.3. The van der Waals surface area contributed by atoms with E-state index in [2.05, 4.69) is 38.0 Å². The van der Waals surface area contributed by atoms with Crippen molar-refractivity contribution < 1.29 is 19.4 Å². The van der Waals surface area contributed by atoms with Gasteiger partial charge in [0.1, 0.15) is 11.4 Å². The standard InChI is InChI=1S/C9H14O3.C9H10O.C2H6.C2H2/c1-6-4-9(3,5-10)12-8(11)7(6)2;1-7-2-3-9-8(6-7)4-5-10-9;2*1-2/h10H,4-5H2,1-3H3;2-3,6H,4-5H2,1H3;1-2H3;1-2H. The fraction of sp³-hybridized carbons (Fsp3) is 0.500. The van der Waals surface area contributed by atoms with Crippen LogP contribution >= 0.6 is 0 Å². The van der Waals surface area contributed by atoms with Crippen LogP contribution in [0.4, 0.5) is 0 Å². The number of aliphatic hydroxyl groups excluding tert-OH is 1. The van der Waals surface area contributed by atoms with Crippen LogP contribution in [0.2, 0.25) is 0 Å². The molecule has 2 aliphatic rings. The zero-order valence-electron chi connectivity index (χ0n) is 16.9. The van der Waals surface area contributed by atoms with E-state index in [-0.39, 0.29) is 12.6 Å². The highest BCUT2D eigenvalue weighted by atomic mass is 16.6. The quantitative estimate of drug-likeness (QED) is 0.602. The molecule has 0 bridgehead atoms. The van der Waals surface area contributed by atoms with Gasteiger partial charge in [0.25, 0.3) is 0 Å². The van der Waals surface area contributed by atoms with Crippen LogP contribution in [0.15, 0.2) is 29.3 Å². The van der Waals surface area contributed by atoms with Gasteiger partial charge in [-0.25, -0.2) is 4.79 Å². The number of cyclic esters (lactones) is 1. The first kappa shape index (κ1) is 23.8. The van der Waals surface area contributed by atoms with Crippen LogP contribution in [-0.2, 0) is 16.0 Å². The first-order chi connectivity index (χ1) is 12.3. The summed E-state index contributed by atoms with van der Waals surface area (Å²) in [7, 11) is 0. The molecule has 1 unspecified atom stereocenters. The Hall–Kier alpha value is -2.25. The maximum atomic E-state index is 11.2. The predicted octanol–water partition coefficient (Wildman–Crippen LogP) is 4.23. The van der Waals surface area contributed by atoms with Crippen molar-refractivity contribution >= 4 is 5.97 Å². The Bertz CT molecular complexity index is 643. The first-order valence-corrected chi connectivity index (χ1v) is 8.91. The van der Waals surface area contributed by atoms with Crippen LogP contribution < -0.4 is 4.74 Å². The third kappa shape index (κ3) is 6.57. The summed E-state index contributed by atoms with van der Waals surface area (Å²) in [6, 6.07) is 6.34. The highest BCUT2D eigenvalue weighted by molar-refractivity contribution is 5.89. The van der Waals surface area contributed by atoms with Crippen LogP contribution in [-0.4, -0.2) is 29.9 Å². The summed E-state index contributed by atoms with van der Waals surface area (Å²) in [4.78, 5) is 11.2. The molecule has 1 aromatic rings. The van der Waals surface area contributed by atoms with Crippen molar-refractivity contribution in [2.45, 2.75) is 60.0 Å². The molecule has 0 saturated heterocycles. The Labute approximate surface area is 158 Å². The molecule has 3 rings (SSSR count). The Morgan fingerprint density at radius 1 is 1.19 bits per heavy atom. The van der Waals surface area contributed by atoms with E-state index in [9.17, 15) is 4.79 Å². The second kappa shape index (κ2) is 11.4. The van der Waals surface area contributed by atoms with Gasteiger partial charge >= 0.3 is 5.97 Å². The van der Waals surface area contributed by atoms with Crippen LogP contribution in [0.5, 0.6) is 5.75 Å². The van der Waals surface area contributed by atoms with E-state index in [0.29, 0.717) is 12.0 Å². The van der Waals surface area contributed by atoms with Gasteiger partial charge in [0.2, 0.25) is 0 Å². The van der Waals surface area contributed by atoms with Gasteiger partial charge in [0.15, 0.2) is 0 Å². The molecule has 0 amide bonds. The van der Waals surface area contributed by atoms with Crippen molar-refractivity contribution in [3.05, 3.63) is 40.5 Å². The summed E-state index contributed by atoms with van der Waals surface area (Å²) in [5.41, 5.74) is 3.65. The summed E-state index contributed by atoms with van der Waals surface area (Å²) in [5, 5.41) is 8.97. The van der Waals surface area contributed by atoms with Crippen molar-refractivity contribution in [3.8, 4) is 18.6 Å². The zero-order valence-corrected chi connectivity index (χ0v) is 16.9. The number of rotatable bonds is 1. The Morgan fingerprint density at radius 3 is 2.35 bits per heavy atom. The minimum Gasteiger partial charge on any atom is -0.493 e. The maximum Gasteiger partial charge on any atom is 0.334 e. The number of carbonyl (C=O) groups is 1. The van der Waals surface area contributed by atoms with Gasteiger partial charge in [-0.1, -0.05) is 37.1 Å². The molecule has 0 fully saturated rings. The monoisotopic (exact) mass is 360 g/mol. The number of hydrogen-bond acceptors (Lipinski definition) is 4. The van der Waals surface area contributed by atoms with Gasteiger partial charge in [-0.3, -0.25) is 0 Å². The highest BCUT2D eigenvalue weighted by Gasteiger charge is 2.34. The maximum absolute atomic E-state index is 11.2. The van der Waals surface area contributed by atoms with Crippen LogP contribution in [0.25, 0.3) is 0 Å². The first-order valence-electron chi connectivity index (χ1n) is 8.91. The number of aryl methyl sites for hydroxylation is 1. The van der Waals surface area contributed by atoms with Crippen LogP contribution in [0, 0.1) is 19.8 Å². The Balaban J connectivity index is 0.000000407. The second-order valence-corrected chi connectivity index (χ2v) is 6.29. The van der Waals surface area contributed by atoms with E-state index >= 15 is 0 Å². The number of esters is 1. The van der Waals surface area contributed by atoms with Crippen LogP contribution in [0.1, 0.15) is 52.2 Å². The third-order valence-electron chi connectivity index (χ3n) is 4.10. The van der Waals surface area contributed by atoms with Gasteiger partial charge in [-0.05, 0) is 39.3 Å². The predicted molar refractivity (Wildman–Crippen MR) is 106 cm³/mol. The molecule has 0 aliphatic carbocycles. The van der Waals surface area contributed by atoms with Crippen molar-refractivity contribution in [1.29, 1.82) is 0 Å². The van der Waals surface area contributed by atoms with E-state index in [0.717, 1.165) is 24.4 Å². The molecule has 2 aliphatic heterocycles. The lowest BCUT2D eigenvalue weighted by Crippen LogP contribution is -2.39. The fourth-order valence-electron chi connectivity index (χ4n) is 2.61. The molecule has 4 heteroatoms. The average molecular weight is 360 g/mol. The largest absolute Gasteiger partial charge is 0.493 e. The van der Waals surface area contributed by atoms with E-state index in [1.54, 1.807) is 13.8 Å². The molecule has 0 aromatic heterocycles. The van der Waals surface area contributed by atoms with Gasteiger partial charge < -0.3 is 14.6 Å². The lowest BCUT2D eigenvalue weighted by molar-refractivity contribution is -0.159. The Kier molecular flexibility index (Phi) is 10.4. The summed E-state index contributed by atoms with van der Waals surface area (Å²) >= 11 is 0. The smallest absolute Gasteiger partial charge is 0.334 e. The molecule has 1 N–H and O–H groups in total. The number of benzene rings is 1. The molecule has 2 heterocycles. The van der Waals surface area contributed by atoms with Crippen molar-refractivity contribution in [1.82, 2.24) is 0 Å². The van der Waals surface area contributed by atoms with E-state index in [4.69, 9.17) is 14.6 Å². The molecule has 144 valence electrons. The SMILES string of the molecule is C#C.CC.CC1=C(C)C(=O)OC(C)(CO)C1.Cc1ccc2c(c1)CCO2. The normalized spacial score (nSPS) is 20.0. The van der Waals surface area contributed by atoms with E-state index in [1.165, 1.54) is 11.1 Å². The topological polar surface area (TPSA) is 55.8 Å². The molecular weight excluding hydrogens is 328 g/mol. The summed E-state index contributed by atoms with van der Waals surface area (Å²) in [6.45, 7) is 12.2. The van der Waals surface area contributed by atoms with E-state index in [1.807, 2.05) is 20.8 Å². The van der Waals surface area contributed by atoms with Crippen molar-refractivity contribution in [2.75, 3.05) is 13.2 Å². The second-order valence-electron chi connectivity index (χ2n) is 6.29. The molecule has 0 radical (unpaired) electrons. The summed E-state index contributed by atoms with van der Waals surface area (Å²) in [5.74, 6) is 0.765. The number of hydrogen-bond donors (Lipinski definition) is 1. The number of terminal acetylenes is 1. The molecule has 1 atom stereocenters. The number of fused-ring (bicyclic) bond motifs is 1. The fourth-order valence-corrected chi connectivity index (χ4v) is 2.61. The molecule has 0 spiro atoms. The van der Waals surface area contributed by atoms with Gasteiger partial charge in [-0.2, -0.15) is 0 Å². The minimum absolute atomic E-state index is 0.122. The average Bonchev–Trinajstić information content (AvgIpc) is 3.11. The summed E-state index contributed by atoms with van der Waals surface area (Å²) < 4.78 is 10.4. The van der Waals surface area contributed by atoms with Gasteiger partial charge in [0, 0.05) is 18.4 Å². The lowest BCUT2D eigenvalue weighted by atomic mass is 9.92. The minimum atomic E-state index is -0.708. The molecule has 1 aromatic carbocycles. The van der Waals surface area contributed by atoms with Crippen molar-refractivity contribution in [2.24, 2.45) is 0 Å². The van der Waals surface area contributed by atoms with Gasteiger partial charge in [0.05, 0.1) is 13.2 Å². The molecule has 0 saturated carbocycles. The third-order valence-corrected chi connectivity index (χ3v) is 4.10. The van der Waals surface area contributed by atoms with Crippen molar-refractivity contribution in [3.63, 3.8) is 0 Å². The summed E-state index contributed by atoms with van der Waals surface area (Å²) in [6.07, 6.45) is 9.71.